The fraction of sp³-hybridized carbons (Fsp3) is 0.0833. The minimum absolute atomic E-state index is 0.0140. The molecular formula is C12H8Cl2N2O2. The maximum atomic E-state index is 11.0. The maximum absolute atomic E-state index is 11.0. The number of halogens is 2. The predicted octanol–water partition coefficient (Wildman–Crippen LogP) is 3.18. The van der Waals surface area contributed by atoms with Gasteiger partial charge in [-0.3, -0.25) is 4.79 Å². The van der Waals surface area contributed by atoms with Gasteiger partial charge in [0.05, 0.1) is 0 Å². The van der Waals surface area contributed by atoms with E-state index in [-0.39, 0.29) is 12.1 Å². The molecule has 0 radical (unpaired) electrons. The topological polar surface area (TPSA) is 52.1 Å². The largest absolute Gasteiger partial charge is 0.447 e. The minimum Gasteiger partial charge on any atom is -0.447 e. The lowest BCUT2D eigenvalue weighted by atomic mass is 10.0. The molecule has 2 aromatic rings. The Labute approximate surface area is 114 Å². The number of carbonyl (C=O) groups is 1. The summed E-state index contributed by atoms with van der Waals surface area (Å²) in [7, 11) is 0. The number of aromatic nitrogens is 2. The molecule has 1 aromatic heterocycles. The number of ether oxygens (including phenoxy) is 1. The Morgan fingerprint density at radius 3 is 2.61 bits per heavy atom. The van der Waals surface area contributed by atoms with E-state index in [2.05, 4.69) is 9.97 Å². The first kappa shape index (κ1) is 12.8. The molecule has 4 nitrogen and oxygen atoms in total. The van der Waals surface area contributed by atoms with Gasteiger partial charge in [-0.1, -0.05) is 29.3 Å². The monoisotopic (exact) mass is 282 g/mol. The highest BCUT2D eigenvalue weighted by atomic mass is 35.5. The van der Waals surface area contributed by atoms with Crippen molar-refractivity contribution in [1.82, 2.24) is 9.97 Å². The zero-order chi connectivity index (χ0) is 13.0. The normalized spacial score (nSPS) is 10.1. The van der Waals surface area contributed by atoms with Crippen LogP contribution in [-0.2, 0) is 0 Å². The lowest BCUT2D eigenvalue weighted by Gasteiger charge is -2.05. The van der Waals surface area contributed by atoms with Gasteiger partial charge in [0.1, 0.15) is 0 Å². The third-order valence-electron chi connectivity index (χ3n) is 2.26. The third kappa shape index (κ3) is 2.78. The first-order chi connectivity index (χ1) is 8.74. The van der Waals surface area contributed by atoms with Crippen LogP contribution in [0.5, 0.6) is 6.01 Å². The van der Waals surface area contributed by atoms with Crippen molar-refractivity contribution in [2.75, 3.05) is 6.07 Å². The summed E-state index contributed by atoms with van der Waals surface area (Å²) in [6.45, 7) is 0. The van der Waals surface area contributed by atoms with Crippen LogP contribution in [0.15, 0.2) is 30.6 Å². The summed E-state index contributed by atoms with van der Waals surface area (Å²) in [6, 6.07) is 5.21. The Morgan fingerprint density at radius 2 is 2.00 bits per heavy atom. The Hall–Kier alpha value is -1.65. The molecule has 1 heterocycles. The van der Waals surface area contributed by atoms with Crippen LogP contribution in [-0.4, -0.2) is 22.3 Å². The maximum Gasteiger partial charge on any atom is 0.317 e. The molecule has 18 heavy (non-hydrogen) atoms. The summed E-state index contributed by atoms with van der Waals surface area (Å²) in [5.41, 5.74) is 1.90. The number of aldehydes is 1. The van der Waals surface area contributed by atoms with E-state index in [1.807, 2.05) is 0 Å². The van der Waals surface area contributed by atoms with Gasteiger partial charge in [-0.05, 0) is 17.7 Å². The number of nitrogens with zero attached hydrogens (tertiary/aromatic N) is 2. The fourth-order valence-corrected chi connectivity index (χ4v) is 1.75. The van der Waals surface area contributed by atoms with Gasteiger partial charge < -0.3 is 4.74 Å². The number of rotatable bonds is 4. The molecule has 0 fully saturated rings. The molecule has 0 saturated carbocycles. The summed E-state index contributed by atoms with van der Waals surface area (Å²) >= 11 is 11.2. The highest BCUT2D eigenvalue weighted by molar-refractivity contribution is 6.31. The van der Waals surface area contributed by atoms with E-state index in [1.54, 1.807) is 30.6 Å². The van der Waals surface area contributed by atoms with E-state index in [1.165, 1.54) is 0 Å². The van der Waals surface area contributed by atoms with E-state index in [9.17, 15) is 4.79 Å². The summed E-state index contributed by atoms with van der Waals surface area (Å²) in [5, 5.41) is 0.504. The van der Waals surface area contributed by atoms with Crippen molar-refractivity contribution >= 4 is 29.5 Å². The van der Waals surface area contributed by atoms with Crippen molar-refractivity contribution in [3.05, 3.63) is 41.2 Å². The van der Waals surface area contributed by atoms with Gasteiger partial charge in [0.15, 0.2) is 12.4 Å². The minimum atomic E-state index is -0.0140. The van der Waals surface area contributed by atoms with Crippen LogP contribution < -0.4 is 4.74 Å². The van der Waals surface area contributed by atoms with Crippen LogP contribution in [0.1, 0.15) is 10.4 Å². The Kier molecular flexibility index (Phi) is 4.12. The molecule has 0 atom stereocenters. The average Bonchev–Trinajstić information content (AvgIpc) is 2.40. The zero-order valence-electron chi connectivity index (χ0n) is 9.14. The van der Waals surface area contributed by atoms with Gasteiger partial charge >= 0.3 is 6.01 Å². The standard InChI is InChI=1S/C12H8Cl2N2O2/c13-7-18-12-15-4-9(5-16-12)11-2-1-10(14)3-8(11)6-17/h1-6H,7H2. The Morgan fingerprint density at radius 1 is 1.28 bits per heavy atom. The lowest BCUT2D eigenvalue weighted by Crippen LogP contribution is -1.96. The summed E-state index contributed by atoms with van der Waals surface area (Å²) in [5.74, 6) is 0. The van der Waals surface area contributed by atoms with Crippen LogP contribution in [0, 0.1) is 0 Å². The fourth-order valence-electron chi connectivity index (χ4n) is 1.47. The number of alkyl halides is 1. The molecule has 0 aliphatic heterocycles. The average molecular weight is 283 g/mol. The van der Waals surface area contributed by atoms with E-state index in [0.717, 1.165) is 6.29 Å². The van der Waals surface area contributed by atoms with E-state index < -0.39 is 0 Å². The highest BCUT2D eigenvalue weighted by Crippen LogP contribution is 2.25. The summed E-state index contributed by atoms with van der Waals surface area (Å²) in [6.07, 6.45) is 3.86. The molecule has 0 bridgehead atoms. The SMILES string of the molecule is O=Cc1cc(Cl)ccc1-c1cnc(OCCl)nc1. The number of hydrogen-bond acceptors (Lipinski definition) is 4. The van der Waals surface area contributed by atoms with Crippen molar-refractivity contribution in [1.29, 1.82) is 0 Å². The molecule has 0 saturated heterocycles. The van der Waals surface area contributed by atoms with E-state index in [4.69, 9.17) is 27.9 Å². The quantitative estimate of drug-likeness (QED) is 0.638. The molecule has 6 heteroatoms. The number of benzene rings is 1. The van der Waals surface area contributed by atoms with Gasteiger partial charge in [0, 0.05) is 28.5 Å². The van der Waals surface area contributed by atoms with Gasteiger partial charge in [-0.15, -0.1) is 0 Å². The second-order valence-corrected chi connectivity index (χ2v) is 4.01. The Balaban J connectivity index is 2.39. The van der Waals surface area contributed by atoms with Crippen molar-refractivity contribution in [3.63, 3.8) is 0 Å². The van der Waals surface area contributed by atoms with Crippen LogP contribution in [0.25, 0.3) is 11.1 Å². The zero-order valence-corrected chi connectivity index (χ0v) is 10.6. The van der Waals surface area contributed by atoms with Gasteiger partial charge in [0.2, 0.25) is 0 Å². The molecule has 0 aliphatic carbocycles. The van der Waals surface area contributed by atoms with Crippen LogP contribution in [0.2, 0.25) is 5.02 Å². The van der Waals surface area contributed by atoms with Gasteiger partial charge in [-0.2, -0.15) is 0 Å². The van der Waals surface area contributed by atoms with Crippen molar-refractivity contribution in [3.8, 4) is 17.1 Å². The molecule has 0 aliphatic rings. The number of hydrogen-bond donors (Lipinski definition) is 0. The molecule has 1 aromatic carbocycles. The second kappa shape index (κ2) is 5.80. The van der Waals surface area contributed by atoms with Crippen molar-refractivity contribution in [2.45, 2.75) is 0 Å². The van der Waals surface area contributed by atoms with Crippen LogP contribution >= 0.6 is 23.2 Å². The second-order valence-electron chi connectivity index (χ2n) is 3.36. The van der Waals surface area contributed by atoms with Crippen molar-refractivity contribution in [2.24, 2.45) is 0 Å². The molecule has 2 rings (SSSR count). The smallest absolute Gasteiger partial charge is 0.317 e. The van der Waals surface area contributed by atoms with Gasteiger partial charge in [0.25, 0.3) is 0 Å². The van der Waals surface area contributed by atoms with Crippen LogP contribution in [0.4, 0.5) is 0 Å². The highest BCUT2D eigenvalue weighted by Gasteiger charge is 2.07. The van der Waals surface area contributed by atoms with E-state index >= 15 is 0 Å². The predicted molar refractivity (Wildman–Crippen MR) is 69.2 cm³/mol. The van der Waals surface area contributed by atoms with Gasteiger partial charge in [-0.25, -0.2) is 9.97 Å². The molecule has 92 valence electrons. The molecule has 0 N–H and O–H groups in total. The first-order valence-corrected chi connectivity index (χ1v) is 5.91. The molecule has 0 spiro atoms. The van der Waals surface area contributed by atoms with Crippen molar-refractivity contribution < 1.29 is 9.53 Å². The molecule has 0 unspecified atom stereocenters. The third-order valence-corrected chi connectivity index (χ3v) is 2.61. The number of carbonyl (C=O) groups excluding carboxylic acids is 1. The molecular weight excluding hydrogens is 275 g/mol. The first-order valence-electron chi connectivity index (χ1n) is 5.00. The summed E-state index contributed by atoms with van der Waals surface area (Å²) in [4.78, 5) is 18.9. The summed E-state index contributed by atoms with van der Waals surface area (Å²) < 4.78 is 4.92. The Bertz CT molecular complexity index is 559. The van der Waals surface area contributed by atoms with E-state index in [0.29, 0.717) is 21.7 Å². The lowest BCUT2D eigenvalue weighted by molar-refractivity contribution is 0.112. The van der Waals surface area contributed by atoms with Crippen LogP contribution in [0.3, 0.4) is 0 Å². The molecule has 0 amide bonds.